The Morgan fingerprint density at radius 1 is 2.00 bits per heavy atom. The molecule has 0 radical (unpaired) electrons. The second-order valence-corrected chi connectivity index (χ2v) is 1.59. The SMILES string of the molecule is CCC(=O)Br. The highest BCUT2D eigenvalue weighted by molar-refractivity contribution is 9.18. The smallest absolute Gasteiger partial charge is 0.197 e. The molecule has 0 aliphatic carbocycles. The first-order valence-electron chi connectivity index (χ1n) is 1.45. The van der Waals surface area contributed by atoms with Crippen LogP contribution in [0, 0.1) is 0 Å². The van der Waals surface area contributed by atoms with Crippen LogP contribution in [0.5, 0.6) is 0 Å². The van der Waals surface area contributed by atoms with Gasteiger partial charge in [0.25, 0.3) is 0 Å². The maximum absolute atomic E-state index is 9.73. The van der Waals surface area contributed by atoms with E-state index in [4.69, 9.17) is 0 Å². The fourth-order valence-electron chi connectivity index (χ4n) is 0. The van der Waals surface area contributed by atoms with Crippen molar-refractivity contribution in [2.45, 2.75) is 13.3 Å². The van der Waals surface area contributed by atoms with Crippen molar-refractivity contribution in [3.8, 4) is 0 Å². The molecule has 0 atom stereocenters. The molecule has 0 spiro atoms. The van der Waals surface area contributed by atoms with Gasteiger partial charge in [0.1, 0.15) is 0 Å². The molecule has 0 aliphatic rings. The monoisotopic (exact) mass is 136 g/mol. The molecule has 2 heteroatoms. The van der Waals surface area contributed by atoms with E-state index in [-0.39, 0.29) is 4.69 Å². The number of rotatable bonds is 1. The maximum Gasteiger partial charge on any atom is 0.197 e. The Morgan fingerprint density at radius 2 is 2.20 bits per heavy atom. The minimum absolute atomic E-state index is 0.0671. The third-order valence-corrected chi connectivity index (χ3v) is 0.839. The summed E-state index contributed by atoms with van der Waals surface area (Å²) in [6, 6.07) is 0. The van der Waals surface area contributed by atoms with E-state index in [1.807, 2.05) is 0 Å². The molecule has 0 saturated carbocycles. The van der Waals surface area contributed by atoms with Crippen molar-refractivity contribution in [3.05, 3.63) is 0 Å². The molecule has 0 amide bonds. The predicted molar refractivity (Wildman–Crippen MR) is 24.2 cm³/mol. The van der Waals surface area contributed by atoms with E-state index in [1.165, 1.54) is 0 Å². The van der Waals surface area contributed by atoms with Crippen LogP contribution < -0.4 is 0 Å². The summed E-state index contributed by atoms with van der Waals surface area (Å²) in [6.45, 7) is 1.80. The fraction of sp³-hybridized carbons (Fsp3) is 0.667. The van der Waals surface area contributed by atoms with Gasteiger partial charge in [0.15, 0.2) is 4.69 Å². The summed E-state index contributed by atoms with van der Waals surface area (Å²) >= 11 is 2.73. The summed E-state index contributed by atoms with van der Waals surface area (Å²) in [5.74, 6) is 0. The van der Waals surface area contributed by atoms with Crippen molar-refractivity contribution in [3.63, 3.8) is 0 Å². The zero-order valence-electron chi connectivity index (χ0n) is 2.99. The lowest BCUT2D eigenvalue weighted by molar-refractivity contribution is -0.110. The molecule has 0 bridgehead atoms. The summed E-state index contributed by atoms with van der Waals surface area (Å²) in [4.78, 5) is 9.73. The lowest BCUT2D eigenvalue weighted by Gasteiger charge is -1.68. The van der Waals surface area contributed by atoms with E-state index in [0.717, 1.165) is 0 Å². The van der Waals surface area contributed by atoms with E-state index >= 15 is 0 Å². The van der Waals surface area contributed by atoms with Crippen LogP contribution in [0.2, 0.25) is 0 Å². The number of hydrogen-bond donors (Lipinski definition) is 0. The van der Waals surface area contributed by atoms with E-state index in [2.05, 4.69) is 15.9 Å². The highest BCUT2D eigenvalue weighted by Crippen LogP contribution is 1.85. The fourth-order valence-corrected chi connectivity index (χ4v) is 0. The molecule has 5 heavy (non-hydrogen) atoms. The lowest BCUT2D eigenvalue weighted by Crippen LogP contribution is -1.73. The van der Waals surface area contributed by atoms with Crippen molar-refractivity contribution < 1.29 is 4.79 Å². The summed E-state index contributed by atoms with van der Waals surface area (Å²) in [5.41, 5.74) is 0. The van der Waals surface area contributed by atoms with Crippen molar-refractivity contribution in [1.29, 1.82) is 0 Å². The Morgan fingerprint density at radius 3 is 2.20 bits per heavy atom. The molecule has 0 fully saturated rings. The van der Waals surface area contributed by atoms with Gasteiger partial charge < -0.3 is 0 Å². The summed E-state index contributed by atoms with van der Waals surface area (Å²) in [5, 5.41) is 0. The molecule has 0 rings (SSSR count). The minimum atomic E-state index is 0.0671. The number of carbonyl (C=O) groups is 1. The van der Waals surface area contributed by atoms with Gasteiger partial charge in [0.05, 0.1) is 0 Å². The number of halogens is 1. The summed E-state index contributed by atoms with van der Waals surface area (Å²) in [6.07, 6.45) is 0.583. The average Bonchev–Trinajstić information content (AvgIpc) is 1.38. The van der Waals surface area contributed by atoms with Gasteiger partial charge in [0, 0.05) is 6.42 Å². The van der Waals surface area contributed by atoms with Crippen molar-refractivity contribution >= 4 is 20.6 Å². The molecule has 0 aromatic heterocycles. The minimum Gasteiger partial charge on any atom is -0.287 e. The van der Waals surface area contributed by atoms with Crippen LogP contribution in [-0.4, -0.2) is 4.69 Å². The zero-order chi connectivity index (χ0) is 4.28. The molecule has 30 valence electrons. The molecule has 1 nitrogen and oxygen atoms in total. The van der Waals surface area contributed by atoms with Crippen LogP contribution in [0.1, 0.15) is 13.3 Å². The summed E-state index contributed by atoms with van der Waals surface area (Å²) < 4.78 is 0.0671. The summed E-state index contributed by atoms with van der Waals surface area (Å²) in [7, 11) is 0. The molecular formula is C3H5BrO. The molecule has 0 N–H and O–H groups in total. The van der Waals surface area contributed by atoms with Gasteiger partial charge in [-0.3, -0.25) is 4.79 Å². The first-order valence-corrected chi connectivity index (χ1v) is 2.25. The Bertz CT molecular complexity index is 42.2. The topological polar surface area (TPSA) is 17.1 Å². The van der Waals surface area contributed by atoms with E-state index in [0.29, 0.717) is 6.42 Å². The molecular weight excluding hydrogens is 132 g/mol. The van der Waals surface area contributed by atoms with Gasteiger partial charge in [-0.1, -0.05) is 6.92 Å². The van der Waals surface area contributed by atoms with Gasteiger partial charge >= 0.3 is 0 Å². The van der Waals surface area contributed by atoms with Crippen LogP contribution in [0.15, 0.2) is 0 Å². The van der Waals surface area contributed by atoms with Crippen LogP contribution in [-0.2, 0) is 4.79 Å². The van der Waals surface area contributed by atoms with Gasteiger partial charge in [-0.2, -0.15) is 0 Å². The van der Waals surface area contributed by atoms with Crippen LogP contribution in [0.4, 0.5) is 0 Å². The number of hydrogen-bond acceptors (Lipinski definition) is 1. The molecule has 0 heterocycles. The lowest BCUT2D eigenvalue weighted by atomic mass is 10.6. The molecule has 0 saturated heterocycles. The first-order chi connectivity index (χ1) is 2.27. The Labute approximate surface area is 39.5 Å². The quantitative estimate of drug-likeness (QED) is 0.498. The standard InChI is InChI=1S/C3H5BrO/c1-2-3(4)5/h2H2,1H3. The zero-order valence-corrected chi connectivity index (χ0v) is 4.58. The van der Waals surface area contributed by atoms with Crippen LogP contribution in [0.25, 0.3) is 0 Å². The molecule has 0 aliphatic heterocycles. The van der Waals surface area contributed by atoms with Gasteiger partial charge in [-0.25, -0.2) is 0 Å². The van der Waals surface area contributed by atoms with Crippen molar-refractivity contribution in [2.75, 3.05) is 0 Å². The van der Waals surface area contributed by atoms with Crippen molar-refractivity contribution in [2.24, 2.45) is 0 Å². The molecule has 0 unspecified atom stereocenters. The largest absolute Gasteiger partial charge is 0.287 e. The Balaban J connectivity index is 2.85. The van der Waals surface area contributed by atoms with E-state index in [1.54, 1.807) is 6.92 Å². The van der Waals surface area contributed by atoms with Crippen molar-refractivity contribution in [1.82, 2.24) is 0 Å². The Kier molecular flexibility index (Phi) is 2.46. The first kappa shape index (κ1) is 5.15. The average molecular weight is 137 g/mol. The third-order valence-electron chi connectivity index (χ3n) is 0.278. The normalized spacial score (nSPS) is 7.60. The number of carbonyl (C=O) groups excluding carboxylic acids is 1. The van der Waals surface area contributed by atoms with E-state index in [9.17, 15) is 4.79 Å². The third kappa shape index (κ3) is 4.15. The highest BCUT2D eigenvalue weighted by atomic mass is 79.9. The predicted octanol–water partition coefficient (Wildman–Crippen LogP) is 1.32. The van der Waals surface area contributed by atoms with E-state index < -0.39 is 0 Å². The van der Waals surface area contributed by atoms with Crippen LogP contribution >= 0.6 is 15.9 Å². The Hall–Kier alpha value is 0.150. The molecule has 0 aromatic rings. The maximum atomic E-state index is 9.73. The van der Waals surface area contributed by atoms with Gasteiger partial charge in [-0.15, -0.1) is 0 Å². The second-order valence-electron chi connectivity index (χ2n) is 0.709. The van der Waals surface area contributed by atoms with Gasteiger partial charge in [0.2, 0.25) is 0 Å². The highest BCUT2D eigenvalue weighted by Gasteiger charge is 1.80. The molecule has 0 aromatic carbocycles. The van der Waals surface area contributed by atoms with Gasteiger partial charge in [-0.05, 0) is 15.9 Å². The second kappa shape index (κ2) is 2.39. The van der Waals surface area contributed by atoms with Crippen LogP contribution in [0.3, 0.4) is 0 Å².